The van der Waals surface area contributed by atoms with Crippen molar-refractivity contribution in [2.45, 2.75) is 25.7 Å². The van der Waals surface area contributed by atoms with E-state index < -0.39 is 5.82 Å². The molecule has 2 aromatic rings. The van der Waals surface area contributed by atoms with E-state index >= 15 is 0 Å². The van der Waals surface area contributed by atoms with E-state index in [-0.39, 0.29) is 11.3 Å². The Bertz CT molecular complexity index is 710. The molecule has 0 saturated carbocycles. The van der Waals surface area contributed by atoms with Crippen LogP contribution in [-0.4, -0.2) is 17.1 Å². The van der Waals surface area contributed by atoms with E-state index in [0.29, 0.717) is 11.4 Å². The second kappa shape index (κ2) is 5.07. The maximum Gasteiger partial charge on any atom is 0.254 e. The molecule has 5 heteroatoms. The van der Waals surface area contributed by atoms with Crippen LogP contribution in [0.2, 0.25) is 0 Å². The standard InChI is InChI=1S/C15H15FN2O2/c1-20-13-8-9(6-7-11(13)16)14-17-12-5-3-2-4-10(12)15(19)18-14/h6-8H,2-5H2,1H3,(H,17,18,19). The maximum atomic E-state index is 13.4. The smallest absolute Gasteiger partial charge is 0.254 e. The number of ether oxygens (including phenoxy) is 1. The lowest BCUT2D eigenvalue weighted by Crippen LogP contribution is -2.21. The number of aryl methyl sites for hydroxylation is 1. The number of benzene rings is 1. The Morgan fingerprint density at radius 3 is 2.90 bits per heavy atom. The molecule has 0 amide bonds. The minimum absolute atomic E-state index is 0.0898. The van der Waals surface area contributed by atoms with E-state index in [4.69, 9.17) is 4.74 Å². The van der Waals surface area contributed by atoms with Gasteiger partial charge in [-0.3, -0.25) is 4.79 Å². The van der Waals surface area contributed by atoms with Crippen LogP contribution in [0.25, 0.3) is 11.4 Å². The minimum atomic E-state index is -0.434. The number of aromatic amines is 1. The molecular weight excluding hydrogens is 259 g/mol. The molecule has 0 aliphatic heterocycles. The molecule has 4 nitrogen and oxygen atoms in total. The molecule has 20 heavy (non-hydrogen) atoms. The van der Waals surface area contributed by atoms with E-state index in [1.165, 1.54) is 13.2 Å². The number of methoxy groups -OCH3 is 1. The summed E-state index contributed by atoms with van der Waals surface area (Å²) < 4.78 is 18.4. The maximum absolute atomic E-state index is 13.4. The number of rotatable bonds is 2. The summed E-state index contributed by atoms with van der Waals surface area (Å²) in [5.41, 5.74) is 2.20. The van der Waals surface area contributed by atoms with Crippen molar-refractivity contribution >= 4 is 0 Å². The molecule has 1 N–H and O–H groups in total. The molecule has 1 aliphatic carbocycles. The predicted octanol–water partition coefficient (Wildman–Crippen LogP) is 2.46. The van der Waals surface area contributed by atoms with E-state index in [2.05, 4.69) is 9.97 Å². The van der Waals surface area contributed by atoms with Crippen LogP contribution in [0.3, 0.4) is 0 Å². The molecule has 1 aromatic carbocycles. The van der Waals surface area contributed by atoms with Gasteiger partial charge in [0.2, 0.25) is 0 Å². The van der Waals surface area contributed by atoms with Gasteiger partial charge in [-0.25, -0.2) is 9.37 Å². The van der Waals surface area contributed by atoms with Crippen LogP contribution in [0.4, 0.5) is 4.39 Å². The first-order valence-electron chi connectivity index (χ1n) is 6.65. The van der Waals surface area contributed by atoms with Gasteiger partial charge in [0.05, 0.1) is 12.8 Å². The summed E-state index contributed by atoms with van der Waals surface area (Å²) in [5.74, 6) is 0.174. The number of nitrogens with zero attached hydrogens (tertiary/aromatic N) is 1. The van der Waals surface area contributed by atoms with Gasteiger partial charge >= 0.3 is 0 Å². The zero-order valence-electron chi connectivity index (χ0n) is 11.2. The lowest BCUT2D eigenvalue weighted by Gasteiger charge is -2.14. The molecule has 1 aliphatic rings. The van der Waals surface area contributed by atoms with E-state index in [1.807, 2.05) is 0 Å². The molecule has 0 saturated heterocycles. The minimum Gasteiger partial charge on any atom is -0.494 e. The summed E-state index contributed by atoms with van der Waals surface area (Å²) >= 11 is 0. The third kappa shape index (κ3) is 2.19. The summed E-state index contributed by atoms with van der Waals surface area (Å²) in [4.78, 5) is 19.4. The topological polar surface area (TPSA) is 55.0 Å². The summed E-state index contributed by atoms with van der Waals surface area (Å²) in [6.45, 7) is 0. The SMILES string of the molecule is COc1cc(-c2nc3c(c(=O)[nH]2)CCCC3)ccc1F. The van der Waals surface area contributed by atoms with Crippen LogP contribution in [0.5, 0.6) is 5.75 Å². The fraction of sp³-hybridized carbons (Fsp3) is 0.333. The average Bonchev–Trinajstić information content (AvgIpc) is 2.47. The largest absolute Gasteiger partial charge is 0.494 e. The van der Waals surface area contributed by atoms with Gasteiger partial charge in [-0.1, -0.05) is 0 Å². The van der Waals surface area contributed by atoms with Gasteiger partial charge in [0.25, 0.3) is 5.56 Å². The number of halogens is 1. The van der Waals surface area contributed by atoms with Gasteiger partial charge in [0.1, 0.15) is 5.82 Å². The number of fused-ring (bicyclic) bond motifs is 1. The highest BCUT2D eigenvalue weighted by atomic mass is 19.1. The van der Waals surface area contributed by atoms with Crippen molar-refractivity contribution in [3.63, 3.8) is 0 Å². The van der Waals surface area contributed by atoms with Crippen LogP contribution >= 0.6 is 0 Å². The quantitative estimate of drug-likeness (QED) is 0.915. The molecule has 1 heterocycles. The van der Waals surface area contributed by atoms with Crippen molar-refractivity contribution in [2.24, 2.45) is 0 Å². The van der Waals surface area contributed by atoms with Gasteiger partial charge in [-0.2, -0.15) is 0 Å². The van der Waals surface area contributed by atoms with Crippen molar-refractivity contribution in [3.8, 4) is 17.1 Å². The Hall–Kier alpha value is -2.17. The van der Waals surface area contributed by atoms with Crippen LogP contribution in [0.1, 0.15) is 24.1 Å². The summed E-state index contributed by atoms with van der Waals surface area (Å²) in [5, 5.41) is 0. The molecule has 0 fully saturated rings. The van der Waals surface area contributed by atoms with Gasteiger partial charge < -0.3 is 9.72 Å². The summed E-state index contributed by atoms with van der Waals surface area (Å²) in [6, 6.07) is 4.45. The molecule has 1 aromatic heterocycles. The molecule has 0 atom stereocenters. The van der Waals surface area contributed by atoms with Crippen molar-refractivity contribution in [1.29, 1.82) is 0 Å². The normalized spacial score (nSPS) is 13.9. The van der Waals surface area contributed by atoms with Crippen molar-refractivity contribution in [3.05, 3.63) is 45.6 Å². The summed E-state index contributed by atoms with van der Waals surface area (Å²) in [7, 11) is 1.41. The number of hydrogen-bond donors (Lipinski definition) is 1. The van der Waals surface area contributed by atoms with E-state index in [9.17, 15) is 9.18 Å². The zero-order chi connectivity index (χ0) is 14.1. The van der Waals surface area contributed by atoms with E-state index in [1.54, 1.807) is 12.1 Å². The van der Waals surface area contributed by atoms with Gasteiger partial charge in [-0.15, -0.1) is 0 Å². The first-order chi connectivity index (χ1) is 9.69. The molecular formula is C15H15FN2O2. The zero-order valence-corrected chi connectivity index (χ0v) is 11.2. The van der Waals surface area contributed by atoms with Crippen LogP contribution < -0.4 is 10.3 Å². The fourth-order valence-electron chi connectivity index (χ4n) is 2.55. The molecule has 104 valence electrons. The van der Waals surface area contributed by atoms with Crippen LogP contribution in [0, 0.1) is 5.82 Å². The van der Waals surface area contributed by atoms with Gasteiger partial charge in [-0.05, 0) is 43.9 Å². The van der Waals surface area contributed by atoms with Crippen LogP contribution in [-0.2, 0) is 12.8 Å². The molecule has 0 radical (unpaired) electrons. The Labute approximate surface area is 115 Å². The van der Waals surface area contributed by atoms with E-state index in [0.717, 1.165) is 36.9 Å². The predicted molar refractivity (Wildman–Crippen MR) is 73.4 cm³/mol. The lowest BCUT2D eigenvalue weighted by molar-refractivity contribution is 0.386. The Balaban J connectivity index is 2.11. The monoisotopic (exact) mass is 274 g/mol. The highest BCUT2D eigenvalue weighted by molar-refractivity contribution is 5.58. The summed E-state index contributed by atoms with van der Waals surface area (Å²) in [6.07, 6.45) is 3.69. The Morgan fingerprint density at radius 2 is 2.10 bits per heavy atom. The number of aromatic nitrogens is 2. The van der Waals surface area contributed by atoms with Gasteiger partial charge in [0.15, 0.2) is 11.6 Å². The number of H-pyrrole nitrogens is 1. The average molecular weight is 274 g/mol. The van der Waals surface area contributed by atoms with Crippen molar-refractivity contribution < 1.29 is 9.13 Å². The van der Waals surface area contributed by atoms with Crippen LogP contribution in [0.15, 0.2) is 23.0 Å². The van der Waals surface area contributed by atoms with Gasteiger partial charge in [0, 0.05) is 11.1 Å². The molecule has 0 bridgehead atoms. The first-order valence-corrected chi connectivity index (χ1v) is 6.65. The Morgan fingerprint density at radius 1 is 1.30 bits per heavy atom. The number of hydrogen-bond acceptors (Lipinski definition) is 3. The van der Waals surface area contributed by atoms with Crippen molar-refractivity contribution in [2.75, 3.05) is 7.11 Å². The highest BCUT2D eigenvalue weighted by Crippen LogP contribution is 2.25. The lowest BCUT2D eigenvalue weighted by atomic mass is 9.97. The fourth-order valence-corrected chi connectivity index (χ4v) is 2.55. The first kappa shape index (κ1) is 12.8. The molecule has 0 spiro atoms. The molecule has 3 rings (SSSR count). The number of nitrogens with one attached hydrogen (secondary N) is 1. The Kier molecular flexibility index (Phi) is 3.26. The second-order valence-electron chi connectivity index (χ2n) is 4.90. The second-order valence-corrected chi connectivity index (χ2v) is 4.90. The van der Waals surface area contributed by atoms with Crippen molar-refractivity contribution in [1.82, 2.24) is 9.97 Å². The molecule has 0 unspecified atom stereocenters. The highest BCUT2D eigenvalue weighted by Gasteiger charge is 2.16. The third-order valence-electron chi connectivity index (χ3n) is 3.62. The third-order valence-corrected chi connectivity index (χ3v) is 3.62.